The molecule has 0 unspecified atom stereocenters. The van der Waals surface area contributed by atoms with Crippen LogP contribution in [-0.4, -0.2) is 29.8 Å². The maximum Gasteiger partial charge on any atom is 0.294 e. The molecule has 0 aliphatic heterocycles. The van der Waals surface area contributed by atoms with Gasteiger partial charge in [0.15, 0.2) is 5.69 Å². The number of ether oxygens (including phenoxy) is 2. The SMILES string of the molecule is COc1ccc(N=Nc2c(C)[nH]n(CCS/C(C)=C(\N)c3ccccc3)c2=O)c(OC)c1. The summed E-state index contributed by atoms with van der Waals surface area (Å²) in [6.07, 6.45) is 0. The van der Waals surface area contributed by atoms with Crippen LogP contribution in [0.25, 0.3) is 5.70 Å². The minimum Gasteiger partial charge on any atom is -0.497 e. The summed E-state index contributed by atoms with van der Waals surface area (Å²) in [5, 5.41) is 11.4. The fourth-order valence-corrected chi connectivity index (χ4v) is 3.88. The third-order valence-corrected chi connectivity index (χ3v) is 5.89. The largest absolute Gasteiger partial charge is 0.497 e. The zero-order valence-corrected chi connectivity index (χ0v) is 19.4. The van der Waals surface area contributed by atoms with Crippen molar-refractivity contribution in [1.29, 1.82) is 0 Å². The van der Waals surface area contributed by atoms with E-state index in [-0.39, 0.29) is 11.2 Å². The quantitative estimate of drug-likeness (QED) is 0.444. The fraction of sp³-hybridized carbons (Fsp3) is 0.261. The summed E-state index contributed by atoms with van der Waals surface area (Å²) in [5.41, 5.74) is 9.18. The molecule has 1 heterocycles. The molecule has 2 aromatic carbocycles. The van der Waals surface area contributed by atoms with Gasteiger partial charge in [-0.3, -0.25) is 14.6 Å². The van der Waals surface area contributed by atoms with Crippen molar-refractivity contribution in [1.82, 2.24) is 9.78 Å². The van der Waals surface area contributed by atoms with Gasteiger partial charge in [-0.25, -0.2) is 0 Å². The molecule has 1 aromatic heterocycles. The Labute approximate surface area is 191 Å². The molecule has 3 rings (SSSR count). The van der Waals surface area contributed by atoms with Crippen molar-refractivity contribution in [2.75, 3.05) is 20.0 Å². The molecule has 0 aliphatic carbocycles. The number of hydrogen-bond donors (Lipinski definition) is 2. The Hall–Kier alpha value is -3.46. The van der Waals surface area contributed by atoms with Crippen LogP contribution in [0.2, 0.25) is 0 Å². The van der Waals surface area contributed by atoms with E-state index < -0.39 is 0 Å². The molecule has 3 aromatic rings. The number of aromatic amines is 1. The lowest BCUT2D eigenvalue weighted by Crippen LogP contribution is -2.17. The third-order valence-electron chi connectivity index (χ3n) is 4.85. The number of rotatable bonds is 9. The van der Waals surface area contributed by atoms with Crippen LogP contribution in [-0.2, 0) is 6.54 Å². The Morgan fingerprint density at radius 2 is 1.88 bits per heavy atom. The second-order valence-corrected chi connectivity index (χ2v) is 8.27. The highest BCUT2D eigenvalue weighted by Crippen LogP contribution is 2.32. The molecule has 0 amide bonds. The van der Waals surface area contributed by atoms with Crippen LogP contribution in [0, 0.1) is 6.92 Å². The number of nitrogens with two attached hydrogens (primary N) is 1. The summed E-state index contributed by atoms with van der Waals surface area (Å²) in [5.74, 6) is 1.84. The molecule has 0 spiro atoms. The topological polar surface area (TPSA) is 107 Å². The molecule has 168 valence electrons. The van der Waals surface area contributed by atoms with E-state index in [1.54, 1.807) is 51.1 Å². The van der Waals surface area contributed by atoms with Crippen LogP contribution in [0.15, 0.2) is 68.5 Å². The Morgan fingerprint density at radius 3 is 2.56 bits per heavy atom. The lowest BCUT2D eigenvalue weighted by molar-refractivity contribution is 0.395. The number of nitrogens with zero attached hydrogens (tertiary/aromatic N) is 3. The van der Waals surface area contributed by atoms with Crippen molar-refractivity contribution in [3.8, 4) is 11.5 Å². The lowest BCUT2D eigenvalue weighted by atomic mass is 10.1. The van der Waals surface area contributed by atoms with E-state index in [2.05, 4.69) is 15.3 Å². The molecule has 0 saturated heterocycles. The van der Waals surface area contributed by atoms with E-state index in [0.717, 1.165) is 16.2 Å². The van der Waals surface area contributed by atoms with Crippen LogP contribution in [0.3, 0.4) is 0 Å². The number of thioether (sulfide) groups is 1. The van der Waals surface area contributed by atoms with Gasteiger partial charge in [0, 0.05) is 22.4 Å². The van der Waals surface area contributed by atoms with Gasteiger partial charge in [0.1, 0.15) is 17.2 Å². The number of benzene rings is 2. The number of aromatic nitrogens is 2. The maximum absolute atomic E-state index is 12.8. The van der Waals surface area contributed by atoms with Crippen LogP contribution in [0.4, 0.5) is 11.4 Å². The zero-order valence-electron chi connectivity index (χ0n) is 18.6. The second kappa shape index (κ2) is 10.7. The molecule has 3 N–H and O–H groups in total. The predicted molar refractivity (Wildman–Crippen MR) is 129 cm³/mol. The van der Waals surface area contributed by atoms with E-state index in [1.165, 1.54) is 4.68 Å². The van der Waals surface area contributed by atoms with Crippen LogP contribution >= 0.6 is 11.8 Å². The van der Waals surface area contributed by atoms with E-state index in [9.17, 15) is 4.79 Å². The Bertz CT molecular complexity index is 1180. The lowest BCUT2D eigenvalue weighted by Gasteiger charge is -2.08. The Morgan fingerprint density at radius 1 is 1.12 bits per heavy atom. The van der Waals surface area contributed by atoms with Gasteiger partial charge < -0.3 is 15.2 Å². The summed E-state index contributed by atoms with van der Waals surface area (Å²) in [6.45, 7) is 4.27. The van der Waals surface area contributed by atoms with E-state index in [0.29, 0.717) is 35.2 Å². The first-order valence-corrected chi connectivity index (χ1v) is 11.0. The van der Waals surface area contributed by atoms with Gasteiger partial charge in [-0.1, -0.05) is 30.3 Å². The number of aryl methyl sites for hydroxylation is 2. The summed E-state index contributed by atoms with van der Waals surface area (Å²) in [4.78, 5) is 13.8. The van der Waals surface area contributed by atoms with Crippen molar-refractivity contribution >= 4 is 28.8 Å². The van der Waals surface area contributed by atoms with Crippen molar-refractivity contribution in [3.05, 3.63) is 75.0 Å². The number of nitrogens with one attached hydrogen (secondary N) is 1. The molecule has 0 atom stereocenters. The minimum absolute atomic E-state index is 0.225. The van der Waals surface area contributed by atoms with E-state index in [1.807, 2.05) is 37.3 Å². The highest BCUT2D eigenvalue weighted by atomic mass is 32.2. The van der Waals surface area contributed by atoms with Gasteiger partial charge >= 0.3 is 0 Å². The second-order valence-electron chi connectivity index (χ2n) is 6.96. The summed E-state index contributed by atoms with van der Waals surface area (Å²) in [7, 11) is 3.12. The molecule has 0 saturated carbocycles. The Balaban J connectivity index is 1.70. The predicted octanol–water partition coefficient (Wildman–Crippen LogP) is 5.00. The van der Waals surface area contributed by atoms with Gasteiger partial charge in [-0.05, 0) is 31.5 Å². The van der Waals surface area contributed by atoms with Crippen molar-refractivity contribution < 1.29 is 9.47 Å². The monoisotopic (exact) mass is 453 g/mol. The number of allylic oxidation sites excluding steroid dienone is 1. The highest BCUT2D eigenvalue weighted by molar-refractivity contribution is 8.03. The average molecular weight is 454 g/mol. The maximum atomic E-state index is 12.8. The van der Waals surface area contributed by atoms with Gasteiger partial charge in [0.05, 0.1) is 26.5 Å². The fourth-order valence-electron chi connectivity index (χ4n) is 3.03. The summed E-state index contributed by atoms with van der Waals surface area (Å²) in [6, 6.07) is 15.0. The van der Waals surface area contributed by atoms with E-state index >= 15 is 0 Å². The van der Waals surface area contributed by atoms with Crippen molar-refractivity contribution in [3.63, 3.8) is 0 Å². The number of methoxy groups -OCH3 is 2. The summed E-state index contributed by atoms with van der Waals surface area (Å²) >= 11 is 1.61. The van der Waals surface area contributed by atoms with Gasteiger partial charge in [0.25, 0.3) is 5.56 Å². The first-order chi connectivity index (χ1) is 15.4. The molecule has 0 aliphatic rings. The molecule has 0 bridgehead atoms. The van der Waals surface area contributed by atoms with Crippen LogP contribution in [0.1, 0.15) is 18.2 Å². The van der Waals surface area contributed by atoms with Gasteiger partial charge in [0.2, 0.25) is 0 Å². The third kappa shape index (κ3) is 5.42. The van der Waals surface area contributed by atoms with Crippen LogP contribution < -0.4 is 20.8 Å². The standard InChI is InChI=1S/C23H27N5O3S/c1-15-22(26-25-19-11-10-18(30-3)14-20(19)31-4)23(29)28(27-15)12-13-32-16(2)21(24)17-8-6-5-7-9-17/h5-11,14,27H,12-13,24H2,1-4H3/b21-16-,26-25?. The minimum atomic E-state index is -0.225. The molecule has 8 nitrogen and oxygen atoms in total. The first kappa shape index (κ1) is 23.2. The number of azo groups is 1. The number of hydrogen-bond acceptors (Lipinski definition) is 7. The zero-order chi connectivity index (χ0) is 23.1. The Kier molecular flexibility index (Phi) is 7.77. The smallest absolute Gasteiger partial charge is 0.294 e. The van der Waals surface area contributed by atoms with Crippen molar-refractivity contribution in [2.45, 2.75) is 20.4 Å². The number of H-pyrrole nitrogens is 1. The normalized spacial score (nSPS) is 12.1. The molecular weight excluding hydrogens is 426 g/mol. The van der Waals surface area contributed by atoms with E-state index in [4.69, 9.17) is 15.2 Å². The highest BCUT2D eigenvalue weighted by Gasteiger charge is 2.12. The average Bonchev–Trinajstić information content (AvgIpc) is 3.09. The molecule has 9 heteroatoms. The van der Waals surface area contributed by atoms with Gasteiger partial charge in [-0.15, -0.1) is 22.0 Å². The van der Waals surface area contributed by atoms with Crippen molar-refractivity contribution in [2.24, 2.45) is 16.0 Å². The molecule has 32 heavy (non-hydrogen) atoms. The molecular formula is C23H27N5O3S. The molecule has 0 fully saturated rings. The molecule has 0 radical (unpaired) electrons. The first-order valence-electron chi connectivity index (χ1n) is 10.0. The summed E-state index contributed by atoms with van der Waals surface area (Å²) < 4.78 is 12.0. The van der Waals surface area contributed by atoms with Gasteiger partial charge in [-0.2, -0.15) is 0 Å². The van der Waals surface area contributed by atoms with Crippen LogP contribution in [0.5, 0.6) is 11.5 Å².